The van der Waals surface area contributed by atoms with Gasteiger partial charge in [-0.2, -0.15) is 0 Å². The van der Waals surface area contributed by atoms with E-state index in [1.807, 2.05) is 12.5 Å². The van der Waals surface area contributed by atoms with Crippen LogP contribution in [0.5, 0.6) is 0 Å². The zero-order chi connectivity index (χ0) is 19.6. The van der Waals surface area contributed by atoms with E-state index in [2.05, 4.69) is 44.9 Å². The monoisotopic (exact) mass is 402 g/mol. The summed E-state index contributed by atoms with van der Waals surface area (Å²) >= 11 is 0. The molecule has 6 nitrogen and oxygen atoms in total. The number of imidazole rings is 1. The molecule has 0 aliphatic carbocycles. The van der Waals surface area contributed by atoms with E-state index in [4.69, 9.17) is 0 Å². The molecule has 2 aliphatic rings. The second kappa shape index (κ2) is 8.25. The van der Waals surface area contributed by atoms with Crippen molar-refractivity contribution in [2.24, 2.45) is 0 Å². The Morgan fingerprint density at radius 2 is 2.18 bits per heavy atom. The summed E-state index contributed by atoms with van der Waals surface area (Å²) in [5.41, 5.74) is 5.14. The highest BCUT2D eigenvalue weighted by molar-refractivity contribution is 7.91. The quantitative estimate of drug-likeness (QED) is 0.771. The molecule has 1 N–H and O–H groups in total. The Bertz CT molecular complexity index is 922. The van der Waals surface area contributed by atoms with Crippen molar-refractivity contribution < 1.29 is 8.42 Å². The Morgan fingerprint density at radius 3 is 2.96 bits per heavy atom. The van der Waals surface area contributed by atoms with Crippen LogP contribution in [-0.2, 0) is 22.8 Å². The number of sulfone groups is 1. The number of nitrogens with zero attached hydrogens (tertiary/aromatic N) is 3. The van der Waals surface area contributed by atoms with Crippen LogP contribution < -0.4 is 10.2 Å². The Kier molecular flexibility index (Phi) is 5.73. The highest BCUT2D eigenvalue weighted by Crippen LogP contribution is 2.31. The van der Waals surface area contributed by atoms with Gasteiger partial charge in [0.25, 0.3) is 0 Å². The fraction of sp³-hybridized carbons (Fsp3) is 0.571. The van der Waals surface area contributed by atoms with Crippen molar-refractivity contribution in [2.75, 3.05) is 36.0 Å². The third kappa shape index (κ3) is 4.25. The Labute approximate surface area is 167 Å². The van der Waals surface area contributed by atoms with Crippen molar-refractivity contribution in [1.29, 1.82) is 0 Å². The number of rotatable bonds is 7. The molecular weight excluding hydrogens is 372 g/mol. The first kappa shape index (κ1) is 19.5. The number of aromatic nitrogens is 2. The van der Waals surface area contributed by atoms with Crippen molar-refractivity contribution in [3.8, 4) is 11.3 Å². The van der Waals surface area contributed by atoms with Gasteiger partial charge < -0.3 is 14.8 Å². The summed E-state index contributed by atoms with van der Waals surface area (Å²) in [6.07, 6.45) is 8.03. The standard InChI is InChI=1S/C21H30N4O2S/c1-2-9-24-10-3-4-17-13-18(5-6-20(17)24)21-14-22-16-25(21)11-8-23-19-7-12-28(26,27)15-19/h5-6,13-14,16,19,23H,2-4,7-12,15H2,1H3/t19-/m1/s1. The first-order chi connectivity index (χ1) is 13.6. The van der Waals surface area contributed by atoms with E-state index >= 15 is 0 Å². The molecule has 1 saturated heterocycles. The highest BCUT2D eigenvalue weighted by atomic mass is 32.2. The van der Waals surface area contributed by atoms with Crippen LogP contribution in [0.2, 0.25) is 0 Å². The van der Waals surface area contributed by atoms with Crippen LogP contribution in [0.3, 0.4) is 0 Å². The maximum absolute atomic E-state index is 11.6. The molecule has 0 unspecified atom stereocenters. The van der Waals surface area contributed by atoms with E-state index in [1.165, 1.54) is 29.7 Å². The van der Waals surface area contributed by atoms with Gasteiger partial charge in [-0.05, 0) is 43.4 Å². The van der Waals surface area contributed by atoms with Gasteiger partial charge in [0.05, 0.1) is 29.7 Å². The summed E-state index contributed by atoms with van der Waals surface area (Å²) in [4.78, 5) is 6.86. The largest absolute Gasteiger partial charge is 0.371 e. The Hall–Kier alpha value is -1.86. The predicted molar refractivity (Wildman–Crippen MR) is 114 cm³/mol. The smallest absolute Gasteiger partial charge is 0.151 e. The summed E-state index contributed by atoms with van der Waals surface area (Å²) in [6, 6.07) is 6.88. The molecule has 152 valence electrons. The minimum atomic E-state index is -2.83. The lowest BCUT2D eigenvalue weighted by molar-refractivity contribution is 0.521. The summed E-state index contributed by atoms with van der Waals surface area (Å²) in [5.74, 6) is 0.577. The van der Waals surface area contributed by atoms with E-state index in [-0.39, 0.29) is 11.8 Å². The van der Waals surface area contributed by atoms with E-state index in [0.717, 1.165) is 44.7 Å². The summed E-state index contributed by atoms with van der Waals surface area (Å²) in [5, 5.41) is 3.39. The third-order valence-electron chi connectivity index (χ3n) is 5.81. The zero-order valence-electron chi connectivity index (χ0n) is 16.6. The van der Waals surface area contributed by atoms with Gasteiger partial charge in [0.1, 0.15) is 0 Å². The number of anilines is 1. The van der Waals surface area contributed by atoms with Crippen molar-refractivity contribution in [3.05, 3.63) is 36.3 Å². The minimum absolute atomic E-state index is 0.0882. The number of aryl methyl sites for hydroxylation is 1. The first-order valence-corrected chi connectivity index (χ1v) is 12.2. The molecule has 0 saturated carbocycles. The molecule has 1 aromatic carbocycles. The Balaban J connectivity index is 1.44. The summed E-state index contributed by atoms with van der Waals surface area (Å²) in [6.45, 7) is 6.04. The molecule has 1 atom stereocenters. The lowest BCUT2D eigenvalue weighted by Crippen LogP contribution is -2.32. The fourth-order valence-electron chi connectivity index (χ4n) is 4.42. The van der Waals surface area contributed by atoms with Gasteiger partial charge in [-0.3, -0.25) is 0 Å². The lowest BCUT2D eigenvalue weighted by Gasteiger charge is -2.31. The van der Waals surface area contributed by atoms with Gasteiger partial charge in [0, 0.05) is 43.5 Å². The normalized spacial score (nSPS) is 21.0. The zero-order valence-corrected chi connectivity index (χ0v) is 17.4. The number of hydrogen-bond acceptors (Lipinski definition) is 5. The number of fused-ring (bicyclic) bond motifs is 1. The number of nitrogens with one attached hydrogen (secondary N) is 1. The second-order valence-corrected chi connectivity index (χ2v) is 10.2. The van der Waals surface area contributed by atoms with E-state index in [9.17, 15) is 8.42 Å². The van der Waals surface area contributed by atoms with Crippen LogP contribution in [0.1, 0.15) is 31.7 Å². The van der Waals surface area contributed by atoms with E-state index in [0.29, 0.717) is 5.75 Å². The number of hydrogen-bond donors (Lipinski definition) is 1. The fourth-order valence-corrected chi connectivity index (χ4v) is 6.13. The van der Waals surface area contributed by atoms with Gasteiger partial charge in [0.15, 0.2) is 9.84 Å². The van der Waals surface area contributed by atoms with Crippen LogP contribution in [-0.4, -0.2) is 55.2 Å². The molecule has 0 radical (unpaired) electrons. The molecule has 0 bridgehead atoms. The van der Waals surface area contributed by atoms with Crippen molar-refractivity contribution in [2.45, 2.75) is 45.2 Å². The van der Waals surface area contributed by atoms with Crippen molar-refractivity contribution in [3.63, 3.8) is 0 Å². The van der Waals surface area contributed by atoms with Gasteiger partial charge in [0.2, 0.25) is 0 Å². The second-order valence-electron chi connectivity index (χ2n) is 7.96. The molecule has 0 spiro atoms. The van der Waals surface area contributed by atoms with Crippen molar-refractivity contribution in [1.82, 2.24) is 14.9 Å². The molecule has 0 amide bonds. The lowest BCUT2D eigenvalue weighted by atomic mass is 9.98. The van der Waals surface area contributed by atoms with E-state index < -0.39 is 9.84 Å². The highest BCUT2D eigenvalue weighted by Gasteiger charge is 2.27. The third-order valence-corrected chi connectivity index (χ3v) is 7.58. The predicted octanol–water partition coefficient (Wildman–Crippen LogP) is 2.49. The molecule has 3 heterocycles. The van der Waals surface area contributed by atoms with Crippen molar-refractivity contribution >= 4 is 15.5 Å². The van der Waals surface area contributed by atoms with Crippen LogP contribution >= 0.6 is 0 Å². The molecular formula is C21H30N4O2S. The van der Waals surface area contributed by atoms with Crippen LogP contribution in [0.15, 0.2) is 30.7 Å². The molecule has 2 aliphatic heterocycles. The Morgan fingerprint density at radius 1 is 1.29 bits per heavy atom. The maximum Gasteiger partial charge on any atom is 0.151 e. The molecule has 1 aromatic heterocycles. The van der Waals surface area contributed by atoms with Crippen LogP contribution in [0, 0.1) is 0 Å². The van der Waals surface area contributed by atoms with E-state index in [1.54, 1.807) is 0 Å². The van der Waals surface area contributed by atoms with Crippen LogP contribution in [0.4, 0.5) is 5.69 Å². The van der Waals surface area contributed by atoms with Gasteiger partial charge in [-0.15, -0.1) is 0 Å². The molecule has 4 rings (SSSR count). The topological polar surface area (TPSA) is 67.2 Å². The summed E-state index contributed by atoms with van der Waals surface area (Å²) < 4.78 is 25.3. The van der Waals surface area contributed by atoms with Gasteiger partial charge in [-0.1, -0.05) is 13.0 Å². The average Bonchev–Trinajstić information content (AvgIpc) is 3.28. The molecule has 1 fully saturated rings. The molecule has 28 heavy (non-hydrogen) atoms. The maximum atomic E-state index is 11.6. The first-order valence-electron chi connectivity index (χ1n) is 10.4. The van der Waals surface area contributed by atoms with Crippen LogP contribution in [0.25, 0.3) is 11.3 Å². The SMILES string of the molecule is CCCN1CCCc2cc(-c3cncn3CCN[C@@H]3CCS(=O)(=O)C3)ccc21. The van der Waals surface area contributed by atoms with Gasteiger partial charge in [-0.25, -0.2) is 13.4 Å². The molecule has 2 aromatic rings. The molecule has 7 heteroatoms. The number of benzene rings is 1. The summed E-state index contributed by atoms with van der Waals surface area (Å²) in [7, 11) is -2.83. The average molecular weight is 403 g/mol. The van der Waals surface area contributed by atoms with Gasteiger partial charge >= 0.3 is 0 Å². The minimum Gasteiger partial charge on any atom is -0.371 e.